The molecule has 1 N–H and O–H groups in total. The molecule has 1 aliphatic carbocycles. The zero-order valence-corrected chi connectivity index (χ0v) is 8.88. The summed E-state index contributed by atoms with van der Waals surface area (Å²) in [5.41, 5.74) is -0.655. The summed E-state index contributed by atoms with van der Waals surface area (Å²) < 4.78 is 37.2. The average Bonchev–Trinajstić information content (AvgIpc) is 2.14. The molecule has 1 aromatic rings. The van der Waals surface area contributed by atoms with Crippen LogP contribution in [-0.4, -0.2) is 11.0 Å². The smallest absolute Gasteiger partial charge is 0.367 e. The minimum atomic E-state index is -4.30. The zero-order chi connectivity index (χ0) is 11.8. The second kappa shape index (κ2) is 3.96. The van der Waals surface area contributed by atoms with Crippen LogP contribution in [0, 0.1) is 5.92 Å². The summed E-state index contributed by atoms with van der Waals surface area (Å²) in [7, 11) is 0. The number of nitrogens with one attached hydrogen (secondary N) is 1. The van der Waals surface area contributed by atoms with Crippen LogP contribution >= 0.6 is 0 Å². The predicted molar refractivity (Wildman–Crippen MR) is 55.0 cm³/mol. The Morgan fingerprint density at radius 1 is 1.38 bits per heavy atom. The molecule has 16 heavy (non-hydrogen) atoms. The molecule has 1 fully saturated rings. The van der Waals surface area contributed by atoms with Crippen LogP contribution in [-0.2, 0) is 6.18 Å². The fourth-order valence-corrected chi connectivity index (χ4v) is 1.92. The summed E-state index contributed by atoms with van der Waals surface area (Å²) in [6.07, 6.45) is -1.12. The van der Waals surface area contributed by atoms with Gasteiger partial charge in [0.15, 0.2) is 0 Å². The molecule has 2 nitrogen and oxygen atoms in total. The zero-order valence-electron chi connectivity index (χ0n) is 8.88. The Kier molecular flexibility index (Phi) is 2.78. The maximum atomic E-state index is 12.4. The van der Waals surface area contributed by atoms with Gasteiger partial charge in [0.2, 0.25) is 0 Å². The van der Waals surface area contributed by atoms with Crippen LogP contribution in [0.25, 0.3) is 0 Å². The summed E-state index contributed by atoms with van der Waals surface area (Å²) in [6, 6.07) is 2.31. The van der Waals surface area contributed by atoms with E-state index >= 15 is 0 Å². The highest BCUT2D eigenvalue weighted by Gasteiger charge is 2.31. The molecule has 0 spiro atoms. The van der Waals surface area contributed by atoms with Gasteiger partial charge in [-0.25, -0.2) is 4.98 Å². The number of anilines is 1. The van der Waals surface area contributed by atoms with E-state index < -0.39 is 11.7 Å². The van der Waals surface area contributed by atoms with Crippen LogP contribution in [0.15, 0.2) is 18.3 Å². The highest BCUT2D eigenvalue weighted by molar-refractivity contribution is 5.40. The molecule has 0 aromatic carbocycles. The molecule has 0 unspecified atom stereocenters. The van der Waals surface area contributed by atoms with Crippen LogP contribution in [0.5, 0.6) is 0 Å². The van der Waals surface area contributed by atoms with Crippen molar-refractivity contribution in [3.63, 3.8) is 0 Å². The van der Waals surface area contributed by atoms with Crippen LogP contribution in [0.2, 0.25) is 0 Å². The third-order valence-electron chi connectivity index (χ3n) is 2.81. The van der Waals surface area contributed by atoms with E-state index in [1.807, 2.05) is 0 Å². The van der Waals surface area contributed by atoms with Gasteiger partial charge in [-0.3, -0.25) is 0 Å². The SMILES string of the molecule is CC1CC(Nc2cc(C(F)(F)F)ccn2)C1. The molecule has 0 aliphatic heterocycles. The van der Waals surface area contributed by atoms with Crippen molar-refractivity contribution in [2.75, 3.05) is 5.32 Å². The maximum Gasteiger partial charge on any atom is 0.416 e. The van der Waals surface area contributed by atoms with Gasteiger partial charge < -0.3 is 5.32 Å². The van der Waals surface area contributed by atoms with Crippen molar-refractivity contribution < 1.29 is 13.2 Å². The van der Waals surface area contributed by atoms with Gasteiger partial charge >= 0.3 is 6.18 Å². The van der Waals surface area contributed by atoms with E-state index in [1.54, 1.807) is 0 Å². The first-order chi connectivity index (χ1) is 7.45. The highest BCUT2D eigenvalue weighted by Crippen LogP contribution is 2.32. The van der Waals surface area contributed by atoms with E-state index in [4.69, 9.17) is 0 Å². The molecule has 0 saturated heterocycles. The van der Waals surface area contributed by atoms with E-state index in [0.29, 0.717) is 11.7 Å². The molecule has 0 radical (unpaired) electrons. The molecule has 2 rings (SSSR count). The lowest BCUT2D eigenvalue weighted by molar-refractivity contribution is -0.137. The maximum absolute atomic E-state index is 12.4. The number of aromatic nitrogens is 1. The normalized spacial score (nSPS) is 25.0. The summed E-state index contributed by atoms with van der Waals surface area (Å²) in [5.74, 6) is 0.968. The van der Waals surface area contributed by atoms with Crippen LogP contribution in [0.3, 0.4) is 0 Å². The van der Waals surface area contributed by atoms with Crippen molar-refractivity contribution in [3.05, 3.63) is 23.9 Å². The first-order valence-electron chi connectivity index (χ1n) is 5.25. The van der Waals surface area contributed by atoms with Crippen molar-refractivity contribution in [1.29, 1.82) is 0 Å². The van der Waals surface area contributed by atoms with Gasteiger partial charge in [-0.05, 0) is 30.9 Å². The average molecular weight is 230 g/mol. The van der Waals surface area contributed by atoms with Crippen molar-refractivity contribution >= 4 is 5.82 Å². The third-order valence-corrected chi connectivity index (χ3v) is 2.81. The van der Waals surface area contributed by atoms with Gasteiger partial charge in [0.05, 0.1) is 5.56 Å². The topological polar surface area (TPSA) is 24.9 Å². The Morgan fingerprint density at radius 3 is 2.62 bits per heavy atom. The van der Waals surface area contributed by atoms with E-state index in [9.17, 15) is 13.2 Å². The van der Waals surface area contributed by atoms with Gasteiger partial charge in [-0.2, -0.15) is 13.2 Å². The number of hydrogen-bond donors (Lipinski definition) is 1. The van der Waals surface area contributed by atoms with Crippen LogP contribution in [0.4, 0.5) is 19.0 Å². The highest BCUT2D eigenvalue weighted by atomic mass is 19.4. The monoisotopic (exact) mass is 230 g/mol. The minimum Gasteiger partial charge on any atom is -0.367 e. The van der Waals surface area contributed by atoms with Gasteiger partial charge in [0.1, 0.15) is 5.82 Å². The first-order valence-corrected chi connectivity index (χ1v) is 5.25. The van der Waals surface area contributed by atoms with Gasteiger partial charge in [0, 0.05) is 12.2 Å². The predicted octanol–water partition coefficient (Wildman–Crippen LogP) is 3.31. The lowest BCUT2D eigenvalue weighted by Gasteiger charge is -2.33. The van der Waals surface area contributed by atoms with Crippen molar-refractivity contribution in [2.24, 2.45) is 5.92 Å². The standard InChI is InChI=1S/C11H13F3N2/c1-7-4-9(5-7)16-10-6-8(2-3-15-10)11(12,13)14/h2-3,6-7,9H,4-5H2,1H3,(H,15,16). The van der Waals surface area contributed by atoms with Crippen molar-refractivity contribution in [1.82, 2.24) is 4.98 Å². The van der Waals surface area contributed by atoms with Gasteiger partial charge in [-0.15, -0.1) is 0 Å². The Bertz CT molecular complexity index is 370. The van der Waals surface area contributed by atoms with Crippen molar-refractivity contribution in [2.45, 2.75) is 32.0 Å². The molecule has 5 heteroatoms. The Hall–Kier alpha value is -1.26. The Balaban J connectivity index is 2.05. The Morgan fingerprint density at radius 2 is 2.06 bits per heavy atom. The molecule has 88 valence electrons. The summed E-state index contributed by atoms with van der Waals surface area (Å²) in [5, 5.41) is 3.01. The largest absolute Gasteiger partial charge is 0.416 e. The van der Waals surface area contributed by atoms with E-state index in [0.717, 1.165) is 25.0 Å². The van der Waals surface area contributed by atoms with Gasteiger partial charge in [0.25, 0.3) is 0 Å². The lowest BCUT2D eigenvalue weighted by atomic mass is 9.82. The summed E-state index contributed by atoms with van der Waals surface area (Å²) in [6.45, 7) is 2.12. The second-order valence-electron chi connectivity index (χ2n) is 4.35. The van der Waals surface area contributed by atoms with E-state index in [2.05, 4.69) is 17.2 Å². The van der Waals surface area contributed by atoms with E-state index in [-0.39, 0.29) is 6.04 Å². The molecule has 1 saturated carbocycles. The fourth-order valence-electron chi connectivity index (χ4n) is 1.92. The molecule has 0 bridgehead atoms. The molecule has 1 aromatic heterocycles. The third kappa shape index (κ3) is 2.46. The Labute approximate surface area is 91.9 Å². The number of nitrogens with zero attached hydrogens (tertiary/aromatic N) is 1. The fraction of sp³-hybridized carbons (Fsp3) is 0.545. The number of alkyl halides is 3. The molecule has 1 heterocycles. The number of pyridine rings is 1. The number of rotatable bonds is 2. The van der Waals surface area contributed by atoms with Crippen LogP contribution < -0.4 is 5.32 Å². The molecule has 1 aliphatic rings. The van der Waals surface area contributed by atoms with Crippen molar-refractivity contribution in [3.8, 4) is 0 Å². The van der Waals surface area contributed by atoms with Gasteiger partial charge in [-0.1, -0.05) is 6.92 Å². The first kappa shape index (κ1) is 11.2. The summed E-state index contributed by atoms with van der Waals surface area (Å²) >= 11 is 0. The quantitative estimate of drug-likeness (QED) is 0.843. The van der Waals surface area contributed by atoms with E-state index in [1.165, 1.54) is 6.20 Å². The van der Waals surface area contributed by atoms with Crippen LogP contribution in [0.1, 0.15) is 25.3 Å². The number of halogens is 3. The molecular formula is C11H13F3N2. The lowest BCUT2D eigenvalue weighted by Crippen LogP contribution is -2.34. The second-order valence-corrected chi connectivity index (χ2v) is 4.35. The minimum absolute atomic E-state index is 0.269. The summed E-state index contributed by atoms with van der Waals surface area (Å²) in [4.78, 5) is 3.89. The molecular weight excluding hydrogens is 217 g/mol. The molecule has 0 amide bonds. The number of hydrogen-bond acceptors (Lipinski definition) is 2. The molecule has 0 atom stereocenters.